The van der Waals surface area contributed by atoms with Gasteiger partial charge in [0.2, 0.25) is 0 Å². The molecular weight excluding hydrogens is 415 g/mol. The minimum atomic E-state index is -3.87. The first kappa shape index (κ1) is 15.2. The van der Waals surface area contributed by atoms with Gasteiger partial charge in [-0.1, -0.05) is 0 Å². The number of carbonyl (C=O) groups is 1. The van der Waals surface area contributed by atoms with E-state index in [0.29, 0.717) is 5.69 Å². The standard InChI is InChI=1S/C11H9IN2O4S2/c1-18-10(15)9-11(19-6-13-9)20(16,17)14-8-4-2-7(12)3-5-8/h2-6,14H,1H3. The molecule has 1 N–H and O–H groups in total. The van der Waals surface area contributed by atoms with Crippen molar-refractivity contribution in [3.8, 4) is 0 Å². The highest BCUT2D eigenvalue weighted by molar-refractivity contribution is 14.1. The van der Waals surface area contributed by atoms with Gasteiger partial charge in [0.1, 0.15) is 0 Å². The van der Waals surface area contributed by atoms with Crippen molar-refractivity contribution in [3.05, 3.63) is 39.0 Å². The number of esters is 1. The van der Waals surface area contributed by atoms with Crippen LogP contribution in [-0.2, 0) is 14.8 Å². The van der Waals surface area contributed by atoms with E-state index in [0.717, 1.165) is 14.9 Å². The number of sulfonamides is 1. The van der Waals surface area contributed by atoms with Crippen LogP contribution in [0, 0.1) is 3.57 Å². The van der Waals surface area contributed by atoms with Gasteiger partial charge in [0, 0.05) is 9.26 Å². The maximum absolute atomic E-state index is 12.2. The lowest BCUT2D eigenvalue weighted by Crippen LogP contribution is -2.16. The molecule has 9 heteroatoms. The SMILES string of the molecule is COC(=O)c1ncsc1S(=O)(=O)Nc1ccc(I)cc1. The molecule has 1 heterocycles. The van der Waals surface area contributed by atoms with Crippen molar-refractivity contribution in [1.29, 1.82) is 0 Å². The van der Waals surface area contributed by atoms with Crippen LogP contribution in [0.25, 0.3) is 0 Å². The van der Waals surface area contributed by atoms with Gasteiger partial charge < -0.3 is 4.74 Å². The van der Waals surface area contributed by atoms with E-state index >= 15 is 0 Å². The molecule has 0 unspecified atom stereocenters. The van der Waals surface area contributed by atoms with Gasteiger partial charge in [-0.05, 0) is 46.9 Å². The van der Waals surface area contributed by atoms with Crippen LogP contribution < -0.4 is 4.72 Å². The number of thiazole rings is 1. The number of halogens is 1. The van der Waals surface area contributed by atoms with E-state index in [9.17, 15) is 13.2 Å². The molecule has 1 aromatic heterocycles. The minimum absolute atomic E-state index is 0.164. The molecule has 0 saturated carbocycles. The number of nitrogens with zero attached hydrogens (tertiary/aromatic N) is 1. The molecule has 1 aromatic carbocycles. The Morgan fingerprint density at radius 1 is 1.35 bits per heavy atom. The van der Waals surface area contributed by atoms with Crippen molar-refractivity contribution in [2.24, 2.45) is 0 Å². The monoisotopic (exact) mass is 424 g/mol. The van der Waals surface area contributed by atoms with Gasteiger partial charge >= 0.3 is 5.97 Å². The Kier molecular flexibility index (Phi) is 4.60. The first-order valence-electron chi connectivity index (χ1n) is 5.24. The summed E-state index contributed by atoms with van der Waals surface area (Å²) in [6.45, 7) is 0. The van der Waals surface area contributed by atoms with Crippen LogP contribution in [0.2, 0.25) is 0 Å². The summed E-state index contributed by atoms with van der Waals surface area (Å²) in [7, 11) is -2.69. The van der Waals surface area contributed by atoms with E-state index in [2.05, 4.69) is 37.0 Å². The van der Waals surface area contributed by atoms with Gasteiger partial charge in [0.05, 0.1) is 12.6 Å². The molecular formula is C11H9IN2O4S2. The molecule has 0 spiro atoms. The summed E-state index contributed by atoms with van der Waals surface area (Å²) >= 11 is 2.98. The van der Waals surface area contributed by atoms with Crippen LogP contribution in [0.3, 0.4) is 0 Å². The minimum Gasteiger partial charge on any atom is -0.464 e. The average molecular weight is 424 g/mol. The van der Waals surface area contributed by atoms with Crippen molar-refractivity contribution in [3.63, 3.8) is 0 Å². The lowest BCUT2D eigenvalue weighted by molar-refractivity contribution is 0.0590. The number of ether oxygens (including phenoxy) is 1. The summed E-state index contributed by atoms with van der Waals surface area (Å²) < 4.78 is 32.2. The second-order valence-corrected chi connectivity index (χ2v) is 7.57. The normalized spacial score (nSPS) is 11.1. The van der Waals surface area contributed by atoms with E-state index in [1.165, 1.54) is 12.6 Å². The molecule has 106 valence electrons. The predicted octanol–water partition coefficient (Wildman–Crippen LogP) is 2.34. The Hall–Kier alpha value is -1.20. The lowest BCUT2D eigenvalue weighted by Gasteiger charge is -2.07. The third kappa shape index (κ3) is 3.27. The predicted molar refractivity (Wildman–Crippen MR) is 83.4 cm³/mol. The summed E-state index contributed by atoms with van der Waals surface area (Å²) in [5.41, 5.74) is 1.49. The van der Waals surface area contributed by atoms with E-state index in [1.54, 1.807) is 24.3 Å². The Morgan fingerprint density at radius 2 is 2.00 bits per heavy atom. The molecule has 20 heavy (non-hydrogen) atoms. The van der Waals surface area contributed by atoms with Gasteiger partial charge in [-0.15, -0.1) is 11.3 Å². The molecule has 0 radical (unpaired) electrons. The van der Waals surface area contributed by atoms with E-state index in [-0.39, 0.29) is 9.90 Å². The smallest absolute Gasteiger partial charge is 0.358 e. The molecule has 2 aromatic rings. The Morgan fingerprint density at radius 3 is 2.60 bits per heavy atom. The zero-order valence-electron chi connectivity index (χ0n) is 10.2. The molecule has 0 fully saturated rings. The zero-order chi connectivity index (χ0) is 14.8. The molecule has 0 aliphatic heterocycles. The largest absolute Gasteiger partial charge is 0.464 e. The van der Waals surface area contributed by atoms with Crippen LogP contribution in [0.4, 0.5) is 5.69 Å². The fourth-order valence-corrected chi connectivity index (χ4v) is 3.93. The van der Waals surface area contributed by atoms with Crippen LogP contribution in [0.5, 0.6) is 0 Å². The number of nitrogens with one attached hydrogen (secondary N) is 1. The molecule has 0 bridgehead atoms. The van der Waals surface area contributed by atoms with Crippen molar-refractivity contribution in [2.75, 3.05) is 11.8 Å². The number of anilines is 1. The topological polar surface area (TPSA) is 85.4 Å². The number of aromatic nitrogens is 1. The van der Waals surface area contributed by atoms with Crippen LogP contribution in [-0.4, -0.2) is 26.5 Å². The van der Waals surface area contributed by atoms with Gasteiger partial charge in [-0.3, -0.25) is 4.72 Å². The molecule has 0 aliphatic rings. The molecule has 0 saturated heterocycles. The Bertz CT molecular complexity index is 725. The summed E-state index contributed by atoms with van der Waals surface area (Å²) in [5, 5.41) is 0. The lowest BCUT2D eigenvalue weighted by atomic mass is 10.3. The maximum atomic E-state index is 12.2. The van der Waals surface area contributed by atoms with E-state index in [4.69, 9.17) is 0 Å². The Balaban J connectivity index is 2.34. The molecule has 0 amide bonds. The van der Waals surface area contributed by atoms with Crippen LogP contribution in [0.1, 0.15) is 10.5 Å². The average Bonchev–Trinajstić information content (AvgIpc) is 2.90. The number of carbonyl (C=O) groups excluding carboxylic acids is 1. The maximum Gasteiger partial charge on any atom is 0.358 e. The van der Waals surface area contributed by atoms with Crippen molar-refractivity contribution in [1.82, 2.24) is 4.98 Å². The first-order chi connectivity index (χ1) is 9.44. The number of hydrogen-bond donors (Lipinski definition) is 1. The summed E-state index contributed by atoms with van der Waals surface area (Å²) in [6.07, 6.45) is 0. The van der Waals surface area contributed by atoms with E-state index in [1.807, 2.05) is 0 Å². The van der Waals surface area contributed by atoms with Crippen molar-refractivity contribution in [2.45, 2.75) is 4.21 Å². The van der Waals surface area contributed by atoms with Crippen LogP contribution >= 0.6 is 33.9 Å². The summed E-state index contributed by atoms with van der Waals surface area (Å²) in [6, 6.07) is 6.81. The van der Waals surface area contributed by atoms with Crippen molar-refractivity contribution >= 4 is 55.6 Å². The molecule has 6 nitrogen and oxygen atoms in total. The van der Waals surface area contributed by atoms with Crippen LogP contribution in [0.15, 0.2) is 34.0 Å². The second-order valence-electron chi connectivity index (χ2n) is 3.59. The number of rotatable bonds is 4. The fourth-order valence-electron chi connectivity index (χ4n) is 1.38. The van der Waals surface area contributed by atoms with Gasteiger partial charge in [0.25, 0.3) is 10.0 Å². The van der Waals surface area contributed by atoms with Crippen molar-refractivity contribution < 1.29 is 17.9 Å². The highest BCUT2D eigenvalue weighted by atomic mass is 127. The fraction of sp³-hybridized carbons (Fsp3) is 0.0909. The summed E-state index contributed by atoms with van der Waals surface area (Å²) in [4.78, 5) is 15.2. The highest BCUT2D eigenvalue weighted by Gasteiger charge is 2.26. The molecule has 0 atom stereocenters. The Labute approximate surface area is 133 Å². The third-order valence-electron chi connectivity index (χ3n) is 2.25. The molecule has 2 rings (SSSR count). The third-order valence-corrected chi connectivity index (χ3v) is 5.72. The first-order valence-corrected chi connectivity index (χ1v) is 8.68. The van der Waals surface area contributed by atoms with Gasteiger partial charge in [-0.25, -0.2) is 18.2 Å². The summed E-state index contributed by atoms with van der Waals surface area (Å²) in [5.74, 6) is -0.783. The van der Waals surface area contributed by atoms with Gasteiger partial charge in [0.15, 0.2) is 9.90 Å². The quantitative estimate of drug-likeness (QED) is 0.602. The number of methoxy groups -OCH3 is 1. The second kappa shape index (κ2) is 6.06. The number of benzene rings is 1. The van der Waals surface area contributed by atoms with Gasteiger partial charge in [-0.2, -0.15) is 0 Å². The molecule has 0 aliphatic carbocycles. The number of hydrogen-bond acceptors (Lipinski definition) is 6. The zero-order valence-corrected chi connectivity index (χ0v) is 14.0. The van der Waals surface area contributed by atoms with E-state index < -0.39 is 16.0 Å². The highest BCUT2D eigenvalue weighted by Crippen LogP contribution is 2.24.